The average molecular weight is 218 g/mol. The number of Topliss-reactive ketones (excluding diaryl/α,β-unsaturated/α-hetero) is 1. The van der Waals surface area contributed by atoms with E-state index in [1.165, 1.54) is 0 Å². The summed E-state index contributed by atoms with van der Waals surface area (Å²) in [5, 5.41) is 9.64. The van der Waals surface area contributed by atoms with Crippen molar-refractivity contribution in [2.45, 2.75) is 19.3 Å². The van der Waals surface area contributed by atoms with Crippen molar-refractivity contribution in [2.75, 3.05) is 7.11 Å². The molecule has 0 heterocycles. The highest BCUT2D eigenvalue weighted by Crippen LogP contribution is 2.28. The summed E-state index contributed by atoms with van der Waals surface area (Å²) < 4.78 is 5.18. The van der Waals surface area contributed by atoms with Gasteiger partial charge in [0.05, 0.1) is 7.11 Å². The van der Waals surface area contributed by atoms with Crippen molar-refractivity contribution in [2.24, 2.45) is 0 Å². The Morgan fingerprint density at radius 1 is 1.31 bits per heavy atom. The molecule has 0 radical (unpaired) electrons. The van der Waals surface area contributed by atoms with Gasteiger partial charge >= 0.3 is 0 Å². The molecule has 2 rings (SSSR count). The maximum Gasteiger partial charge on any atom is 0.163 e. The lowest BCUT2D eigenvalue weighted by Crippen LogP contribution is -2.01. The number of ketones is 1. The summed E-state index contributed by atoms with van der Waals surface area (Å²) in [5.41, 5.74) is 1.46. The van der Waals surface area contributed by atoms with E-state index in [9.17, 15) is 9.90 Å². The van der Waals surface area contributed by atoms with E-state index in [0.717, 1.165) is 11.3 Å². The van der Waals surface area contributed by atoms with Crippen LogP contribution in [0.1, 0.15) is 18.4 Å². The number of phenols is 1. The van der Waals surface area contributed by atoms with E-state index in [1.54, 1.807) is 19.2 Å². The molecule has 1 aliphatic rings. The van der Waals surface area contributed by atoms with E-state index in [2.05, 4.69) is 0 Å². The van der Waals surface area contributed by atoms with Crippen LogP contribution >= 0.6 is 0 Å². The smallest absolute Gasteiger partial charge is 0.163 e. The molecule has 1 aromatic rings. The minimum atomic E-state index is 0.125. The molecule has 3 nitrogen and oxygen atoms in total. The van der Waals surface area contributed by atoms with Crippen molar-refractivity contribution in [3.8, 4) is 5.75 Å². The van der Waals surface area contributed by atoms with Gasteiger partial charge in [-0.3, -0.25) is 4.79 Å². The molecule has 3 heteroatoms. The first-order chi connectivity index (χ1) is 7.72. The number of methoxy groups -OCH3 is 1. The molecule has 0 saturated carbocycles. The van der Waals surface area contributed by atoms with Crippen molar-refractivity contribution in [1.82, 2.24) is 0 Å². The highest BCUT2D eigenvalue weighted by molar-refractivity contribution is 5.98. The standard InChI is InChI=1S/C13H14O3/c1-16-13-7-6-12(15)10(13)8-9-4-2-3-5-11(9)14/h2-5,14H,6-8H2,1H3. The summed E-state index contributed by atoms with van der Waals surface area (Å²) in [6.45, 7) is 0. The van der Waals surface area contributed by atoms with Crippen LogP contribution in [-0.2, 0) is 16.0 Å². The summed E-state index contributed by atoms with van der Waals surface area (Å²) in [6.07, 6.45) is 1.65. The Morgan fingerprint density at radius 2 is 2.06 bits per heavy atom. The molecule has 1 aromatic carbocycles. The first kappa shape index (κ1) is 10.7. The molecule has 0 atom stereocenters. The van der Waals surface area contributed by atoms with Gasteiger partial charge in [-0.15, -0.1) is 0 Å². The molecule has 1 aliphatic carbocycles. The third-order valence-electron chi connectivity index (χ3n) is 2.86. The van der Waals surface area contributed by atoms with Crippen LogP contribution in [0.3, 0.4) is 0 Å². The third-order valence-corrected chi connectivity index (χ3v) is 2.86. The minimum Gasteiger partial charge on any atom is -0.508 e. The van der Waals surface area contributed by atoms with Crippen LogP contribution in [0.4, 0.5) is 0 Å². The second-order valence-electron chi connectivity index (χ2n) is 3.83. The maximum absolute atomic E-state index is 11.6. The second kappa shape index (κ2) is 4.39. The number of para-hydroxylation sites is 1. The molecule has 1 N–H and O–H groups in total. The predicted molar refractivity (Wildman–Crippen MR) is 60.1 cm³/mol. The van der Waals surface area contributed by atoms with Gasteiger partial charge in [0, 0.05) is 24.8 Å². The molecule has 0 unspecified atom stereocenters. The van der Waals surface area contributed by atoms with Crippen molar-refractivity contribution >= 4 is 5.78 Å². The Labute approximate surface area is 94.4 Å². The van der Waals surface area contributed by atoms with Crippen LogP contribution < -0.4 is 0 Å². The monoisotopic (exact) mass is 218 g/mol. The van der Waals surface area contributed by atoms with E-state index >= 15 is 0 Å². The van der Waals surface area contributed by atoms with E-state index < -0.39 is 0 Å². The summed E-state index contributed by atoms with van der Waals surface area (Å²) in [7, 11) is 1.58. The first-order valence-corrected chi connectivity index (χ1v) is 5.28. The lowest BCUT2D eigenvalue weighted by atomic mass is 10.0. The number of rotatable bonds is 3. The van der Waals surface area contributed by atoms with Gasteiger partial charge in [0.1, 0.15) is 11.5 Å². The quantitative estimate of drug-likeness (QED) is 0.846. The Bertz CT molecular complexity index is 446. The zero-order valence-corrected chi connectivity index (χ0v) is 9.19. The van der Waals surface area contributed by atoms with Crippen LogP contribution in [0, 0.1) is 0 Å². The van der Waals surface area contributed by atoms with Gasteiger partial charge in [0.15, 0.2) is 5.78 Å². The highest BCUT2D eigenvalue weighted by atomic mass is 16.5. The summed E-state index contributed by atoms with van der Waals surface area (Å²) >= 11 is 0. The molecule has 84 valence electrons. The molecule has 0 saturated heterocycles. The van der Waals surface area contributed by atoms with Crippen molar-refractivity contribution in [1.29, 1.82) is 0 Å². The first-order valence-electron chi connectivity index (χ1n) is 5.28. The number of hydrogen-bond donors (Lipinski definition) is 1. The van der Waals surface area contributed by atoms with Gasteiger partial charge in [0.2, 0.25) is 0 Å². The van der Waals surface area contributed by atoms with Crippen molar-refractivity contribution in [3.05, 3.63) is 41.2 Å². The number of aromatic hydroxyl groups is 1. The number of carbonyl (C=O) groups is 1. The lowest BCUT2D eigenvalue weighted by molar-refractivity contribution is -0.115. The average Bonchev–Trinajstić information content (AvgIpc) is 2.63. The summed E-state index contributed by atoms with van der Waals surface area (Å²) in [6, 6.07) is 7.06. The fourth-order valence-corrected chi connectivity index (χ4v) is 1.96. The molecule has 0 amide bonds. The second-order valence-corrected chi connectivity index (χ2v) is 3.83. The Balaban J connectivity index is 2.27. The molecule has 0 aliphatic heterocycles. The SMILES string of the molecule is COC1=C(Cc2ccccc2O)C(=O)CC1. The topological polar surface area (TPSA) is 46.5 Å². The molecular formula is C13H14O3. The van der Waals surface area contributed by atoms with E-state index in [4.69, 9.17) is 4.74 Å². The zero-order valence-electron chi connectivity index (χ0n) is 9.19. The van der Waals surface area contributed by atoms with Crippen molar-refractivity contribution in [3.63, 3.8) is 0 Å². The zero-order chi connectivity index (χ0) is 11.5. The van der Waals surface area contributed by atoms with Gasteiger partial charge in [-0.1, -0.05) is 18.2 Å². The molecule has 0 fully saturated rings. The summed E-state index contributed by atoms with van der Waals surface area (Å²) in [4.78, 5) is 11.6. The third kappa shape index (κ3) is 1.94. The number of hydrogen-bond acceptors (Lipinski definition) is 3. The maximum atomic E-state index is 11.6. The van der Waals surface area contributed by atoms with Crippen LogP contribution in [0.2, 0.25) is 0 Å². The molecule has 0 aromatic heterocycles. The number of ether oxygens (including phenoxy) is 1. The van der Waals surface area contributed by atoms with E-state index in [-0.39, 0.29) is 11.5 Å². The normalized spacial score (nSPS) is 15.7. The minimum absolute atomic E-state index is 0.125. The highest BCUT2D eigenvalue weighted by Gasteiger charge is 2.24. The lowest BCUT2D eigenvalue weighted by Gasteiger charge is -2.06. The summed E-state index contributed by atoms with van der Waals surface area (Å²) in [5.74, 6) is 1.11. The molecule has 16 heavy (non-hydrogen) atoms. The van der Waals surface area contributed by atoms with Gasteiger partial charge in [-0.05, 0) is 11.6 Å². The van der Waals surface area contributed by atoms with E-state index in [0.29, 0.717) is 24.8 Å². The fraction of sp³-hybridized carbons (Fsp3) is 0.308. The Morgan fingerprint density at radius 3 is 2.75 bits per heavy atom. The molecule has 0 spiro atoms. The number of benzene rings is 1. The number of phenolic OH excluding ortho intramolecular Hbond substituents is 1. The van der Waals surface area contributed by atoms with Crippen LogP contribution in [0.15, 0.2) is 35.6 Å². The number of carbonyl (C=O) groups excluding carboxylic acids is 1. The predicted octanol–water partition coefficient (Wildman–Crippen LogP) is 2.20. The van der Waals surface area contributed by atoms with Gasteiger partial charge in [0.25, 0.3) is 0 Å². The molecule has 0 bridgehead atoms. The van der Waals surface area contributed by atoms with Crippen molar-refractivity contribution < 1.29 is 14.6 Å². The van der Waals surface area contributed by atoms with Gasteiger partial charge < -0.3 is 9.84 Å². The molecular weight excluding hydrogens is 204 g/mol. The van der Waals surface area contributed by atoms with Crippen LogP contribution in [0.5, 0.6) is 5.75 Å². The Hall–Kier alpha value is -1.77. The van der Waals surface area contributed by atoms with Gasteiger partial charge in [-0.25, -0.2) is 0 Å². The van der Waals surface area contributed by atoms with Crippen LogP contribution in [0.25, 0.3) is 0 Å². The largest absolute Gasteiger partial charge is 0.508 e. The Kier molecular flexibility index (Phi) is 2.95. The van der Waals surface area contributed by atoms with Gasteiger partial charge in [-0.2, -0.15) is 0 Å². The van der Waals surface area contributed by atoms with Crippen LogP contribution in [-0.4, -0.2) is 18.0 Å². The fourth-order valence-electron chi connectivity index (χ4n) is 1.96. The van der Waals surface area contributed by atoms with E-state index in [1.807, 2.05) is 12.1 Å². The number of allylic oxidation sites excluding steroid dienone is 2.